The Labute approximate surface area is 129 Å². The van der Waals surface area contributed by atoms with Gasteiger partial charge in [-0.3, -0.25) is 9.88 Å². The molecule has 2 aromatic rings. The summed E-state index contributed by atoms with van der Waals surface area (Å²) in [5.41, 5.74) is 2.00. The number of pyridine rings is 1. The van der Waals surface area contributed by atoms with Crippen molar-refractivity contribution in [3.63, 3.8) is 0 Å². The van der Waals surface area contributed by atoms with Crippen molar-refractivity contribution >= 4 is 17.0 Å². The Balaban J connectivity index is 1.54. The van der Waals surface area contributed by atoms with E-state index in [-0.39, 0.29) is 11.7 Å². The molecule has 5 heteroatoms. The van der Waals surface area contributed by atoms with E-state index in [0.29, 0.717) is 6.54 Å². The average molecular weight is 297 g/mol. The number of likely N-dealkylation sites (N-methyl/N-ethyl adjacent to an activating group) is 1. The fourth-order valence-electron chi connectivity index (χ4n) is 3.60. The van der Waals surface area contributed by atoms with Gasteiger partial charge < -0.3 is 9.64 Å². The highest BCUT2D eigenvalue weighted by atomic mass is 16.6. The smallest absolute Gasteiger partial charge is 0.410 e. The highest BCUT2D eigenvalue weighted by molar-refractivity contribution is 5.81. The number of fused-ring (bicyclic) bond motifs is 1. The second kappa shape index (κ2) is 4.95. The first-order valence-electron chi connectivity index (χ1n) is 7.64. The van der Waals surface area contributed by atoms with Crippen LogP contribution in [0, 0.1) is 0 Å². The van der Waals surface area contributed by atoms with E-state index in [1.807, 2.05) is 24.4 Å². The monoisotopic (exact) mass is 297 g/mol. The van der Waals surface area contributed by atoms with Gasteiger partial charge in [0.1, 0.15) is 5.60 Å². The van der Waals surface area contributed by atoms with Gasteiger partial charge in [0, 0.05) is 44.7 Å². The summed E-state index contributed by atoms with van der Waals surface area (Å²) in [6.45, 7) is 3.32. The third kappa shape index (κ3) is 2.22. The summed E-state index contributed by atoms with van der Waals surface area (Å²) in [7, 11) is 1.80. The van der Waals surface area contributed by atoms with Crippen molar-refractivity contribution < 1.29 is 9.53 Å². The molecule has 1 unspecified atom stereocenters. The molecule has 1 amide bonds. The quantitative estimate of drug-likeness (QED) is 0.853. The molecule has 1 aromatic carbocycles. The molecule has 2 aliphatic rings. The Kier molecular flexibility index (Phi) is 3.04. The maximum Gasteiger partial charge on any atom is 0.410 e. The number of carbonyl (C=O) groups excluding carboxylic acids is 1. The molecule has 2 aliphatic heterocycles. The second-order valence-corrected chi connectivity index (χ2v) is 6.35. The first-order valence-corrected chi connectivity index (χ1v) is 7.64. The molecule has 1 atom stereocenters. The summed E-state index contributed by atoms with van der Waals surface area (Å²) in [5, 5.41) is 1.20. The summed E-state index contributed by atoms with van der Waals surface area (Å²) < 4.78 is 5.61. The lowest BCUT2D eigenvalue weighted by Crippen LogP contribution is -2.37. The van der Waals surface area contributed by atoms with Crippen molar-refractivity contribution in [2.45, 2.75) is 18.6 Å². The van der Waals surface area contributed by atoms with E-state index >= 15 is 0 Å². The summed E-state index contributed by atoms with van der Waals surface area (Å²) in [4.78, 5) is 20.1. The molecule has 3 heterocycles. The molecule has 22 heavy (non-hydrogen) atoms. The van der Waals surface area contributed by atoms with E-state index in [1.165, 1.54) is 10.9 Å². The van der Waals surface area contributed by atoms with Crippen molar-refractivity contribution in [3.05, 3.63) is 42.1 Å². The SMILES string of the molecule is CN1CC2(CCN(Cc3ccnc4ccccc34)C2)OC1=O. The van der Waals surface area contributed by atoms with Crippen molar-refractivity contribution in [2.75, 3.05) is 26.7 Å². The van der Waals surface area contributed by atoms with Crippen molar-refractivity contribution in [2.24, 2.45) is 0 Å². The normalized spacial score (nSPS) is 25.3. The molecule has 0 aliphatic carbocycles. The second-order valence-electron chi connectivity index (χ2n) is 6.35. The van der Waals surface area contributed by atoms with Gasteiger partial charge in [0.05, 0.1) is 12.1 Å². The minimum atomic E-state index is -0.311. The fourth-order valence-corrected chi connectivity index (χ4v) is 3.60. The Morgan fingerprint density at radius 2 is 2.14 bits per heavy atom. The third-order valence-corrected chi connectivity index (χ3v) is 4.67. The average Bonchev–Trinajstić information content (AvgIpc) is 3.02. The number of carbonyl (C=O) groups is 1. The first kappa shape index (κ1) is 13.5. The van der Waals surface area contributed by atoms with Crippen molar-refractivity contribution in [3.8, 4) is 0 Å². The minimum absolute atomic E-state index is 0.198. The highest BCUT2D eigenvalue weighted by Gasteiger charge is 2.48. The minimum Gasteiger partial charge on any atom is -0.439 e. The van der Waals surface area contributed by atoms with E-state index in [4.69, 9.17) is 4.74 Å². The maximum atomic E-state index is 11.7. The predicted octanol–water partition coefficient (Wildman–Crippen LogP) is 2.26. The van der Waals surface area contributed by atoms with Gasteiger partial charge in [0.25, 0.3) is 0 Å². The largest absolute Gasteiger partial charge is 0.439 e. The van der Waals surface area contributed by atoms with Crippen LogP contribution in [0.4, 0.5) is 4.79 Å². The van der Waals surface area contributed by atoms with Gasteiger partial charge in [-0.1, -0.05) is 18.2 Å². The zero-order valence-electron chi connectivity index (χ0n) is 12.7. The number of aromatic nitrogens is 1. The molecule has 4 rings (SSSR count). The van der Waals surface area contributed by atoms with E-state index in [0.717, 1.165) is 31.6 Å². The number of para-hydroxylation sites is 1. The van der Waals surface area contributed by atoms with Gasteiger partial charge >= 0.3 is 6.09 Å². The molecular weight excluding hydrogens is 278 g/mol. The number of rotatable bonds is 2. The van der Waals surface area contributed by atoms with Gasteiger partial charge in [-0.15, -0.1) is 0 Å². The van der Waals surface area contributed by atoms with Crippen LogP contribution < -0.4 is 0 Å². The summed E-state index contributed by atoms with van der Waals surface area (Å²) in [5.74, 6) is 0. The summed E-state index contributed by atoms with van der Waals surface area (Å²) in [6.07, 6.45) is 2.58. The molecule has 0 N–H and O–H groups in total. The molecule has 5 nitrogen and oxygen atoms in total. The number of amides is 1. The van der Waals surface area contributed by atoms with Crippen LogP contribution in [0.3, 0.4) is 0 Å². The van der Waals surface area contributed by atoms with Crippen molar-refractivity contribution in [1.29, 1.82) is 0 Å². The lowest BCUT2D eigenvalue weighted by molar-refractivity contribution is 0.0628. The summed E-state index contributed by atoms with van der Waals surface area (Å²) >= 11 is 0. The van der Waals surface area contributed by atoms with Crippen LogP contribution in [-0.4, -0.2) is 53.2 Å². The van der Waals surface area contributed by atoms with Gasteiger partial charge in [-0.25, -0.2) is 4.79 Å². The number of nitrogens with zero attached hydrogens (tertiary/aromatic N) is 3. The predicted molar refractivity (Wildman–Crippen MR) is 83.5 cm³/mol. The number of ether oxygens (including phenoxy) is 1. The Morgan fingerprint density at radius 1 is 1.27 bits per heavy atom. The van der Waals surface area contributed by atoms with Crippen LogP contribution in [-0.2, 0) is 11.3 Å². The lowest BCUT2D eigenvalue weighted by atomic mass is 10.0. The first-order chi connectivity index (χ1) is 10.7. The molecular formula is C17H19N3O2. The van der Waals surface area contributed by atoms with Gasteiger partial charge in [-0.2, -0.15) is 0 Å². The lowest BCUT2D eigenvalue weighted by Gasteiger charge is -2.22. The molecule has 2 saturated heterocycles. The Hall–Kier alpha value is -2.14. The molecule has 0 bridgehead atoms. The number of likely N-dealkylation sites (tertiary alicyclic amines) is 1. The van der Waals surface area contributed by atoms with Gasteiger partial charge in [0.15, 0.2) is 0 Å². The van der Waals surface area contributed by atoms with Crippen LogP contribution in [0.5, 0.6) is 0 Å². The van der Waals surface area contributed by atoms with Gasteiger partial charge in [-0.05, 0) is 17.7 Å². The third-order valence-electron chi connectivity index (χ3n) is 4.67. The van der Waals surface area contributed by atoms with E-state index in [9.17, 15) is 4.79 Å². The zero-order chi connectivity index (χ0) is 15.2. The van der Waals surface area contributed by atoms with Crippen LogP contribution >= 0.6 is 0 Å². The van der Waals surface area contributed by atoms with Crippen LogP contribution in [0.2, 0.25) is 0 Å². The maximum absolute atomic E-state index is 11.7. The topological polar surface area (TPSA) is 45.7 Å². The Bertz CT molecular complexity index is 727. The van der Waals surface area contributed by atoms with E-state index in [2.05, 4.69) is 22.0 Å². The molecule has 1 aromatic heterocycles. The van der Waals surface area contributed by atoms with Crippen molar-refractivity contribution in [1.82, 2.24) is 14.8 Å². The van der Waals surface area contributed by atoms with E-state index < -0.39 is 0 Å². The van der Waals surface area contributed by atoms with Gasteiger partial charge in [0.2, 0.25) is 0 Å². The van der Waals surface area contributed by atoms with E-state index in [1.54, 1.807) is 11.9 Å². The molecule has 0 radical (unpaired) electrons. The Morgan fingerprint density at radius 3 is 2.95 bits per heavy atom. The molecule has 114 valence electrons. The number of benzene rings is 1. The van der Waals surface area contributed by atoms with Crippen LogP contribution in [0.1, 0.15) is 12.0 Å². The fraction of sp³-hybridized carbons (Fsp3) is 0.412. The number of hydrogen-bond acceptors (Lipinski definition) is 4. The molecule has 1 spiro atoms. The standard InChI is InChI=1S/C17H19N3O2/c1-19-11-17(22-16(19)21)7-9-20(12-17)10-13-6-8-18-15-5-3-2-4-14(13)15/h2-6,8H,7,9-12H2,1H3. The molecule has 0 saturated carbocycles. The number of hydrogen-bond donors (Lipinski definition) is 0. The highest BCUT2D eigenvalue weighted by Crippen LogP contribution is 2.33. The van der Waals surface area contributed by atoms with Crippen LogP contribution in [0.15, 0.2) is 36.5 Å². The van der Waals surface area contributed by atoms with Crippen LogP contribution in [0.25, 0.3) is 10.9 Å². The zero-order valence-corrected chi connectivity index (χ0v) is 12.7. The summed E-state index contributed by atoms with van der Waals surface area (Å²) in [6, 6.07) is 10.3. The molecule has 2 fully saturated rings.